The Morgan fingerprint density at radius 3 is 2.31 bits per heavy atom. The van der Waals surface area contributed by atoms with E-state index in [1.54, 1.807) is 0 Å². The molecule has 0 aliphatic heterocycles. The summed E-state index contributed by atoms with van der Waals surface area (Å²) in [6.45, 7) is -0.400. The lowest BCUT2D eigenvalue weighted by Gasteiger charge is -2.28. The van der Waals surface area contributed by atoms with Crippen LogP contribution in [0.3, 0.4) is 0 Å². The molecule has 4 N–H and O–H groups in total. The number of nitriles is 1. The minimum Gasteiger partial charge on any atom is -0.464 e. The van der Waals surface area contributed by atoms with Gasteiger partial charge in [-0.15, -0.1) is 0 Å². The number of hydrogen-bond acceptors (Lipinski definition) is 6. The van der Waals surface area contributed by atoms with Crippen molar-refractivity contribution in [3.63, 3.8) is 0 Å². The van der Waals surface area contributed by atoms with E-state index in [0.717, 1.165) is 0 Å². The van der Waals surface area contributed by atoms with Crippen LogP contribution < -0.4 is 5.73 Å². The minimum absolute atomic E-state index is 0.000489. The molecule has 0 radical (unpaired) electrons. The van der Waals surface area contributed by atoms with Crippen molar-refractivity contribution >= 4 is 5.97 Å². The van der Waals surface area contributed by atoms with E-state index < -0.39 is 11.4 Å². The van der Waals surface area contributed by atoms with Crippen molar-refractivity contribution < 1.29 is 19.7 Å². The summed E-state index contributed by atoms with van der Waals surface area (Å²) in [5, 5.41) is 26.1. The summed E-state index contributed by atoms with van der Waals surface area (Å²) < 4.78 is 4.88. The normalized spacial score (nSPS) is 10.9. The lowest BCUT2D eigenvalue weighted by molar-refractivity contribution is -0.157. The van der Waals surface area contributed by atoms with Crippen LogP contribution in [0.1, 0.15) is 19.3 Å². The number of aliphatic hydroxyl groups is 2. The standard InChI is InChI=1S/C10H18N2O4/c11-4-1-7-16-9(15)10(8-12,2-5-13)3-6-14/h13-14H,1-3,5-8,12H2. The lowest BCUT2D eigenvalue weighted by atomic mass is 9.81. The van der Waals surface area contributed by atoms with Crippen LogP contribution >= 0.6 is 0 Å². The highest BCUT2D eigenvalue weighted by atomic mass is 16.5. The molecule has 0 aromatic heterocycles. The Balaban J connectivity index is 4.47. The first-order valence-corrected chi connectivity index (χ1v) is 5.13. The van der Waals surface area contributed by atoms with Crippen molar-refractivity contribution in [1.82, 2.24) is 0 Å². The summed E-state index contributed by atoms with van der Waals surface area (Å²) in [6.07, 6.45) is 0.412. The fourth-order valence-electron chi connectivity index (χ4n) is 1.39. The average molecular weight is 230 g/mol. The number of carbonyl (C=O) groups excluding carboxylic acids is 1. The molecule has 0 aliphatic rings. The number of hydrogen-bond donors (Lipinski definition) is 3. The Hall–Kier alpha value is -1.16. The predicted octanol–water partition coefficient (Wildman–Crippen LogP) is -0.847. The van der Waals surface area contributed by atoms with E-state index in [0.29, 0.717) is 0 Å². The summed E-state index contributed by atoms with van der Waals surface area (Å²) in [5.74, 6) is -0.562. The molecule has 0 amide bonds. The van der Waals surface area contributed by atoms with Crippen molar-refractivity contribution in [2.45, 2.75) is 19.3 Å². The van der Waals surface area contributed by atoms with Crippen molar-refractivity contribution in [2.75, 3.05) is 26.4 Å². The zero-order valence-corrected chi connectivity index (χ0v) is 9.19. The number of esters is 1. The molecule has 0 aromatic carbocycles. The Bertz CT molecular complexity index is 244. The maximum absolute atomic E-state index is 11.7. The zero-order chi connectivity index (χ0) is 12.4. The molecule has 0 heterocycles. The predicted molar refractivity (Wildman–Crippen MR) is 56.1 cm³/mol. The molecule has 0 fully saturated rings. The number of aliphatic hydroxyl groups excluding tert-OH is 2. The van der Waals surface area contributed by atoms with Gasteiger partial charge in [-0.25, -0.2) is 0 Å². The Labute approximate surface area is 94.6 Å². The van der Waals surface area contributed by atoms with E-state index in [2.05, 4.69) is 0 Å². The molecule has 6 heteroatoms. The van der Waals surface area contributed by atoms with Gasteiger partial charge in [0, 0.05) is 19.8 Å². The van der Waals surface area contributed by atoms with Gasteiger partial charge in [0.05, 0.1) is 17.9 Å². The van der Waals surface area contributed by atoms with Gasteiger partial charge in [-0.05, 0) is 12.8 Å². The Morgan fingerprint density at radius 2 is 1.94 bits per heavy atom. The quantitative estimate of drug-likeness (QED) is 0.369. The molecule has 0 saturated carbocycles. The topological polar surface area (TPSA) is 117 Å². The van der Waals surface area contributed by atoms with Crippen LogP contribution in [-0.4, -0.2) is 42.5 Å². The SMILES string of the molecule is N#CCCOC(=O)C(CN)(CCO)CCO. The highest BCUT2D eigenvalue weighted by Gasteiger charge is 2.37. The smallest absolute Gasteiger partial charge is 0.313 e. The van der Waals surface area contributed by atoms with E-state index in [1.165, 1.54) is 0 Å². The first-order chi connectivity index (χ1) is 7.66. The van der Waals surface area contributed by atoms with Crippen LogP contribution in [0.15, 0.2) is 0 Å². The maximum atomic E-state index is 11.7. The first-order valence-electron chi connectivity index (χ1n) is 5.13. The van der Waals surface area contributed by atoms with Gasteiger partial charge in [0.25, 0.3) is 0 Å². The largest absolute Gasteiger partial charge is 0.464 e. The molecule has 0 atom stereocenters. The van der Waals surface area contributed by atoms with Gasteiger partial charge in [0.1, 0.15) is 6.61 Å². The first kappa shape index (κ1) is 14.8. The number of nitrogens with two attached hydrogens (primary N) is 1. The second-order valence-electron chi connectivity index (χ2n) is 3.48. The average Bonchev–Trinajstić information content (AvgIpc) is 2.28. The fourth-order valence-corrected chi connectivity index (χ4v) is 1.39. The third kappa shape index (κ3) is 4.14. The summed E-state index contributed by atoms with van der Waals surface area (Å²) in [5.41, 5.74) is 4.45. The Morgan fingerprint density at radius 1 is 1.38 bits per heavy atom. The third-order valence-electron chi connectivity index (χ3n) is 2.45. The van der Waals surface area contributed by atoms with E-state index in [1.807, 2.05) is 6.07 Å². The van der Waals surface area contributed by atoms with E-state index in [-0.39, 0.29) is 45.6 Å². The zero-order valence-electron chi connectivity index (χ0n) is 9.19. The lowest BCUT2D eigenvalue weighted by Crippen LogP contribution is -2.41. The summed E-state index contributed by atoms with van der Waals surface area (Å²) in [4.78, 5) is 11.7. The van der Waals surface area contributed by atoms with Crippen LogP contribution in [0, 0.1) is 16.7 Å². The molecule has 0 saturated heterocycles. The van der Waals surface area contributed by atoms with Gasteiger partial charge in [-0.1, -0.05) is 0 Å². The van der Waals surface area contributed by atoms with Crippen LogP contribution in [0.4, 0.5) is 0 Å². The van der Waals surface area contributed by atoms with Gasteiger partial charge in [-0.3, -0.25) is 4.79 Å². The molecule has 92 valence electrons. The molecule has 0 aromatic rings. The molecule has 6 nitrogen and oxygen atoms in total. The number of carbonyl (C=O) groups is 1. The second kappa shape index (κ2) is 8.05. The van der Waals surface area contributed by atoms with Crippen LogP contribution in [0.5, 0.6) is 0 Å². The monoisotopic (exact) mass is 230 g/mol. The van der Waals surface area contributed by atoms with Crippen LogP contribution in [0.2, 0.25) is 0 Å². The van der Waals surface area contributed by atoms with Crippen LogP contribution in [-0.2, 0) is 9.53 Å². The molecule has 0 aliphatic carbocycles. The van der Waals surface area contributed by atoms with Gasteiger partial charge >= 0.3 is 5.97 Å². The molecule has 0 bridgehead atoms. The van der Waals surface area contributed by atoms with Gasteiger partial charge in [0.15, 0.2) is 0 Å². The summed E-state index contributed by atoms with van der Waals surface area (Å²) in [7, 11) is 0. The van der Waals surface area contributed by atoms with Crippen molar-refractivity contribution in [3.05, 3.63) is 0 Å². The van der Waals surface area contributed by atoms with E-state index in [4.69, 9.17) is 25.9 Å². The van der Waals surface area contributed by atoms with Gasteiger partial charge in [-0.2, -0.15) is 5.26 Å². The highest BCUT2D eigenvalue weighted by Crippen LogP contribution is 2.26. The maximum Gasteiger partial charge on any atom is 0.313 e. The van der Waals surface area contributed by atoms with E-state index >= 15 is 0 Å². The van der Waals surface area contributed by atoms with Gasteiger partial charge in [0.2, 0.25) is 0 Å². The highest BCUT2D eigenvalue weighted by molar-refractivity contribution is 5.77. The number of rotatable bonds is 8. The molecule has 0 unspecified atom stereocenters. The van der Waals surface area contributed by atoms with Crippen molar-refractivity contribution in [3.8, 4) is 6.07 Å². The molecule has 16 heavy (non-hydrogen) atoms. The molecular weight excluding hydrogens is 212 g/mol. The number of nitrogens with zero attached hydrogens (tertiary/aromatic N) is 1. The fraction of sp³-hybridized carbons (Fsp3) is 0.800. The molecule has 0 rings (SSSR count). The minimum atomic E-state index is -1.04. The van der Waals surface area contributed by atoms with E-state index in [9.17, 15) is 4.79 Å². The Kier molecular flexibility index (Phi) is 7.46. The summed E-state index contributed by atoms with van der Waals surface area (Å²) >= 11 is 0. The summed E-state index contributed by atoms with van der Waals surface area (Å²) in [6, 6.07) is 1.85. The molecule has 0 spiro atoms. The van der Waals surface area contributed by atoms with Gasteiger partial charge < -0.3 is 20.7 Å². The van der Waals surface area contributed by atoms with Crippen molar-refractivity contribution in [1.29, 1.82) is 5.26 Å². The van der Waals surface area contributed by atoms with Crippen LogP contribution in [0.25, 0.3) is 0 Å². The number of ether oxygens (including phenoxy) is 1. The van der Waals surface area contributed by atoms with Crippen molar-refractivity contribution in [2.24, 2.45) is 11.1 Å². The second-order valence-corrected chi connectivity index (χ2v) is 3.48. The molecular formula is C10H18N2O4. The third-order valence-corrected chi connectivity index (χ3v) is 2.45.